The molecule has 7 fully saturated rings. The fraction of sp³-hybridized carbons (Fsp3) is 0.912. The number of hydrogen-bond donors (Lipinski definition) is 5. The number of esters is 1. The van der Waals surface area contributed by atoms with Gasteiger partial charge in [-0.25, -0.2) is 0 Å². The fourth-order valence-electron chi connectivity index (χ4n) is 11.6. The molecule has 8 rings (SSSR count). The van der Waals surface area contributed by atoms with Crippen molar-refractivity contribution in [1.29, 1.82) is 0 Å². The summed E-state index contributed by atoms with van der Waals surface area (Å²) in [5.74, 6) is -1.19. The van der Waals surface area contributed by atoms with Crippen LogP contribution in [0.1, 0.15) is 78.6 Å². The first kappa shape index (κ1) is 32.9. The molecule has 0 aromatic heterocycles. The number of hydrogen-bond acceptors (Lipinski definition) is 13. The van der Waals surface area contributed by atoms with Crippen LogP contribution in [0.15, 0.2) is 11.6 Å². The monoisotopic (exact) mass is 666 g/mol. The lowest BCUT2D eigenvalue weighted by atomic mass is 9.44. The van der Waals surface area contributed by atoms with E-state index in [0.29, 0.717) is 32.1 Å². The van der Waals surface area contributed by atoms with Crippen LogP contribution in [0.4, 0.5) is 0 Å². The van der Waals surface area contributed by atoms with E-state index in [1.54, 1.807) is 7.11 Å². The highest BCUT2D eigenvalue weighted by Gasteiger charge is 2.89. The zero-order valence-electron chi connectivity index (χ0n) is 27.6. The van der Waals surface area contributed by atoms with Gasteiger partial charge in [-0.15, -0.1) is 0 Å². The van der Waals surface area contributed by atoms with E-state index < -0.39 is 84.3 Å². The van der Waals surface area contributed by atoms with Gasteiger partial charge in [-0.1, -0.05) is 18.6 Å². The lowest BCUT2D eigenvalue weighted by Crippen LogP contribution is -2.73. The maximum absolute atomic E-state index is 13.4. The van der Waals surface area contributed by atoms with Crippen molar-refractivity contribution in [1.82, 2.24) is 0 Å². The zero-order chi connectivity index (χ0) is 33.3. The Labute approximate surface area is 274 Å². The SMILES string of the molecule is CO[C@@H]1C[C@H](O[C@H]2CC[C@@]3(C)C(=CC[C@@]4(O)[C@@H]3CC[C@@]35C(=O)O[C@@]6(C)O[C@@]43CC[C@H]65)C2)O[C@H](C)[C@@H]1O[C@@H]1O[C@H](CO)[C@@H](O)[C@H](O)[C@H]1O. The van der Waals surface area contributed by atoms with Crippen molar-refractivity contribution in [3.05, 3.63) is 11.6 Å². The van der Waals surface area contributed by atoms with Crippen molar-refractivity contribution in [2.75, 3.05) is 13.7 Å². The molecule has 264 valence electrons. The molecule has 47 heavy (non-hydrogen) atoms. The van der Waals surface area contributed by atoms with Crippen LogP contribution < -0.4 is 0 Å². The Hall–Kier alpha value is -1.23. The maximum Gasteiger partial charge on any atom is 0.318 e. The standard InChI is InChI=1S/C34H50O13/c1-16-27(45-28-26(38)25(37)24(36)20(15-35)44-28)19(41-4)14-23(42-16)43-18-6-9-30(2)17(13-18)5-11-33(40)21(30)7-10-32-22-8-12-34(32,33)47-31(22,3)46-29(32)39/h5,16,18-28,35-38,40H,6-15H2,1-4H3/t16-,18+,19-,20-,21-,22-,23+,24-,25+,26-,27+,28+,30+,31+,32-,33-,34-/m1/s1. The number of fused-ring (bicyclic) bond motifs is 3. The van der Waals surface area contributed by atoms with Gasteiger partial charge in [0.25, 0.3) is 0 Å². The summed E-state index contributed by atoms with van der Waals surface area (Å²) in [6.07, 6.45) is -1.06. The van der Waals surface area contributed by atoms with Gasteiger partial charge in [0.2, 0.25) is 5.79 Å². The molecular formula is C34H50O13. The van der Waals surface area contributed by atoms with Crippen molar-refractivity contribution in [2.45, 2.75) is 157 Å². The fourth-order valence-corrected chi connectivity index (χ4v) is 11.6. The number of ether oxygens (including phenoxy) is 7. The molecule has 4 heterocycles. The summed E-state index contributed by atoms with van der Waals surface area (Å²) in [5, 5.41) is 53.1. The van der Waals surface area contributed by atoms with Gasteiger partial charge in [0.05, 0.1) is 24.9 Å². The van der Waals surface area contributed by atoms with Crippen LogP contribution in [-0.4, -0.2) is 124 Å². The van der Waals surface area contributed by atoms with Crippen LogP contribution in [0.3, 0.4) is 0 Å². The Morgan fingerprint density at radius 3 is 2.49 bits per heavy atom. The number of carbonyl (C=O) groups excluding carboxylic acids is 1. The first-order chi connectivity index (χ1) is 22.3. The van der Waals surface area contributed by atoms with E-state index in [4.69, 9.17) is 33.2 Å². The van der Waals surface area contributed by atoms with Gasteiger partial charge in [-0.3, -0.25) is 4.79 Å². The predicted molar refractivity (Wildman–Crippen MR) is 159 cm³/mol. The molecule has 0 amide bonds. The summed E-state index contributed by atoms with van der Waals surface area (Å²) in [4.78, 5) is 13.4. The van der Waals surface area contributed by atoms with Gasteiger partial charge >= 0.3 is 5.97 Å². The molecule has 4 saturated heterocycles. The molecule has 8 aliphatic rings. The maximum atomic E-state index is 13.4. The Kier molecular flexibility index (Phi) is 7.63. The molecule has 1 spiro atoms. The summed E-state index contributed by atoms with van der Waals surface area (Å²) in [5.41, 5.74) is -1.79. The van der Waals surface area contributed by atoms with E-state index in [9.17, 15) is 30.3 Å². The van der Waals surface area contributed by atoms with Crippen molar-refractivity contribution in [3.8, 4) is 0 Å². The highest BCUT2D eigenvalue weighted by molar-refractivity contribution is 5.85. The largest absolute Gasteiger partial charge is 0.432 e. The molecule has 4 aliphatic carbocycles. The molecule has 0 aromatic rings. The molecule has 0 unspecified atom stereocenters. The van der Waals surface area contributed by atoms with Gasteiger partial charge in [0, 0.05) is 26.4 Å². The van der Waals surface area contributed by atoms with Crippen molar-refractivity contribution in [3.63, 3.8) is 0 Å². The number of aliphatic hydroxyl groups is 5. The lowest BCUT2D eigenvalue weighted by Gasteiger charge is -2.65. The van der Waals surface area contributed by atoms with Gasteiger partial charge in [0.15, 0.2) is 12.6 Å². The smallest absolute Gasteiger partial charge is 0.318 e. The van der Waals surface area contributed by atoms with E-state index in [1.807, 2.05) is 13.8 Å². The minimum Gasteiger partial charge on any atom is -0.432 e. The van der Waals surface area contributed by atoms with E-state index in [1.165, 1.54) is 5.57 Å². The lowest BCUT2D eigenvalue weighted by molar-refractivity contribution is -0.347. The summed E-state index contributed by atoms with van der Waals surface area (Å²) in [6.45, 7) is 5.41. The number of carbonyl (C=O) groups is 1. The average molecular weight is 667 g/mol. The molecule has 4 bridgehead atoms. The number of aliphatic hydroxyl groups excluding tert-OH is 4. The molecule has 3 saturated carbocycles. The van der Waals surface area contributed by atoms with Crippen LogP contribution in [0.25, 0.3) is 0 Å². The van der Waals surface area contributed by atoms with Crippen LogP contribution in [0.2, 0.25) is 0 Å². The Bertz CT molecular complexity index is 1310. The van der Waals surface area contributed by atoms with E-state index in [2.05, 4.69) is 13.0 Å². The first-order valence-corrected chi connectivity index (χ1v) is 17.4. The number of methoxy groups -OCH3 is 1. The summed E-state index contributed by atoms with van der Waals surface area (Å²) < 4.78 is 42.7. The van der Waals surface area contributed by atoms with Crippen molar-refractivity contribution >= 4 is 5.97 Å². The summed E-state index contributed by atoms with van der Waals surface area (Å²) in [6, 6.07) is 0. The van der Waals surface area contributed by atoms with E-state index in [0.717, 1.165) is 25.7 Å². The molecular weight excluding hydrogens is 616 g/mol. The van der Waals surface area contributed by atoms with Crippen LogP contribution in [0, 0.1) is 22.7 Å². The third-order valence-corrected chi connectivity index (χ3v) is 13.9. The highest BCUT2D eigenvalue weighted by Crippen LogP contribution is 2.79. The van der Waals surface area contributed by atoms with Gasteiger partial charge in [-0.2, -0.15) is 0 Å². The Morgan fingerprint density at radius 1 is 0.979 bits per heavy atom. The second-order valence-corrected chi connectivity index (χ2v) is 15.8. The Morgan fingerprint density at radius 2 is 1.74 bits per heavy atom. The van der Waals surface area contributed by atoms with Gasteiger partial charge < -0.3 is 58.7 Å². The molecule has 5 N–H and O–H groups in total. The summed E-state index contributed by atoms with van der Waals surface area (Å²) >= 11 is 0. The van der Waals surface area contributed by atoms with Crippen LogP contribution in [0.5, 0.6) is 0 Å². The molecule has 4 aliphatic heterocycles. The van der Waals surface area contributed by atoms with Gasteiger partial charge in [0.1, 0.15) is 47.1 Å². The Balaban J connectivity index is 0.947. The predicted octanol–water partition coefficient (Wildman–Crippen LogP) is 0.806. The third-order valence-electron chi connectivity index (χ3n) is 13.9. The molecule has 13 heteroatoms. The first-order valence-electron chi connectivity index (χ1n) is 17.4. The van der Waals surface area contributed by atoms with E-state index >= 15 is 0 Å². The topological polar surface area (TPSA) is 183 Å². The molecule has 17 atom stereocenters. The summed E-state index contributed by atoms with van der Waals surface area (Å²) in [7, 11) is 1.56. The second kappa shape index (κ2) is 10.9. The van der Waals surface area contributed by atoms with Crippen LogP contribution >= 0.6 is 0 Å². The third kappa shape index (κ3) is 4.19. The van der Waals surface area contributed by atoms with Crippen LogP contribution in [-0.2, 0) is 38.0 Å². The number of rotatable bonds is 6. The second-order valence-electron chi connectivity index (χ2n) is 15.8. The quantitative estimate of drug-likeness (QED) is 0.199. The molecule has 0 aromatic carbocycles. The van der Waals surface area contributed by atoms with Crippen molar-refractivity contribution in [2.24, 2.45) is 22.7 Å². The average Bonchev–Trinajstić information content (AvgIpc) is 3.58. The van der Waals surface area contributed by atoms with E-state index in [-0.39, 0.29) is 29.3 Å². The normalized spacial score (nSPS) is 58.0. The van der Waals surface area contributed by atoms with Gasteiger partial charge in [-0.05, 0) is 69.6 Å². The zero-order valence-corrected chi connectivity index (χ0v) is 27.6. The minimum absolute atomic E-state index is 0.00851. The molecule has 0 radical (unpaired) electrons. The van der Waals surface area contributed by atoms with Crippen molar-refractivity contribution < 1.29 is 63.5 Å². The minimum atomic E-state index is -1.55. The highest BCUT2D eigenvalue weighted by atomic mass is 16.8. The molecule has 13 nitrogen and oxygen atoms in total.